The van der Waals surface area contributed by atoms with Gasteiger partial charge in [-0.05, 0) is 12.1 Å². The summed E-state index contributed by atoms with van der Waals surface area (Å²) in [5, 5.41) is 0. The van der Waals surface area contributed by atoms with Gasteiger partial charge in [0, 0.05) is 4.99 Å². The second-order valence-electron chi connectivity index (χ2n) is 2.42. The number of para-hydroxylation sites is 1. The fraction of sp³-hybridized carbons (Fsp3) is 0.222. The largest absolute Gasteiger partial charge is 0.486 e. The summed E-state index contributed by atoms with van der Waals surface area (Å²) >= 11 is 0. The average molecular weight is 147 g/mol. The van der Waals surface area contributed by atoms with E-state index in [0.717, 1.165) is 17.9 Å². The summed E-state index contributed by atoms with van der Waals surface area (Å²) in [5.41, 5.74) is 1.07. The van der Waals surface area contributed by atoms with Crippen LogP contribution in [0.4, 0.5) is 0 Å². The smallest absolute Gasteiger partial charge is 0.245 e. The molecule has 1 aliphatic rings. The van der Waals surface area contributed by atoms with Crippen molar-refractivity contribution in [2.24, 2.45) is 0 Å². The lowest BCUT2D eigenvalue weighted by Crippen LogP contribution is -2.03. The Morgan fingerprint density at radius 3 is 3.18 bits per heavy atom. The first kappa shape index (κ1) is 6.40. The van der Waals surface area contributed by atoms with Crippen LogP contribution in [-0.2, 0) is 0 Å². The normalized spacial score (nSPS) is 14.9. The Hall–Kier alpha value is -1.31. The summed E-state index contributed by atoms with van der Waals surface area (Å²) < 4.78 is 5.42. The van der Waals surface area contributed by atoms with Crippen LogP contribution < -0.4 is 9.73 Å². The quantitative estimate of drug-likeness (QED) is 0.533. The fourth-order valence-electron chi connectivity index (χ4n) is 1.09. The van der Waals surface area contributed by atoms with E-state index in [1.807, 2.05) is 30.5 Å². The number of hydrogen-bond donors (Lipinski definition) is 0. The van der Waals surface area contributed by atoms with Gasteiger partial charge in [0.2, 0.25) is 12.8 Å². The van der Waals surface area contributed by atoms with Crippen molar-refractivity contribution in [3.8, 4) is 5.75 Å². The van der Waals surface area contributed by atoms with E-state index < -0.39 is 0 Å². The van der Waals surface area contributed by atoms with Gasteiger partial charge in [-0.1, -0.05) is 12.1 Å². The highest BCUT2D eigenvalue weighted by Gasteiger charge is 2.08. The van der Waals surface area contributed by atoms with E-state index in [0.29, 0.717) is 6.61 Å². The molecule has 1 heterocycles. The zero-order chi connectivity index (χ0) is 7.52. The van der Waals surface area contributed by atoms with E-state index in [9.17, 15) is 0 Å². The number of nitrogens with zero attached hydrogens (tertiary/aromatic N) is 1. The molecule has 2 nitrogen and oxygen atoms in total. The number of aliphatic imine (C=N–C) groups is 1. The predicted molar refractivity (Wildman–Crippen MR) is 44.1 cm³/mol. The summed E-state index contributed by atoms with van der Waals surface area (Å²) in [6.45, 7) is 1.45. The molecule has 1 aromatic carbocycles. The van der Waals surface area contributed by atoms with Gasteiger partial charge in [0.1, 0.15) is 5.75 Å². The molecule has 0 fully saturated rings. The van der Waals surface area contributed by atoms with Crippen molar-refractivity contribution < 1.29 is 4.74 Å². The number of benzene rings is 1. The maximum atomic E-state index is 5.42. The van der Waals surface area contributed by atoms with Gasteiger partial charge in [-0.2, -0.15) is 0 Å². The molecule has 1 radical (unpaired) electrons. The molecular weight excluding hydrogens is 138 g/mol. The molecule has 1 aliphatic heterocycles. The van der Waals surface area contributed by atoms with Gasteiger partial charge in [-0.3, -0.25) is 0 Å². The third kappa shape index (κ3) is 1.24. The molecule has 0 amide bonds. The van der Waals surface area contributed by atoms with E-state index in [2.05, 4.69) is 4.99 Å². The van der Waals surface area contributed by atoms with Crippen molar-refractivity contribution in [2.45, 2.75) is 0 Å². The summed E-state index contributed by atoms with van der Waals surface area (Å²) in [6.07, 6.45) is 1.86. The van der Waals surface area contributed by atoms with Crippen molar-refractivity contribution >= 4 is 6.21 Å². The molecule has 0 aromatic heterocycles. The molecule has 0 bridgehead atoms. The molecule has 0 atom stereocenters. The van der Waals surface area contributed by atoms with Gasteiger partial charge in [0.05, 0.1) is 5.56 Å². The molecule has 0 N–H and O–H groups in total. The van der Waals surface area contributed by atoms with Crippen molar-refractivity contribution in [1.29, 1.82) is 0 Å². The molecule has 0 saturated carbocycles. The molecule has 55 valence electrons. The average Bonchev–Trinajstić information content (AvgIpc) is 2.28. The first-order chi connectivity index (χ1) is 5.47. The first-order valence-corrected chi connectivity index (χ1v) is 3.68. The molecule has 2 heteroatoms. The number of rotatable bonds is 0. The Balaban J connectivity index is 2.45. The molecule has 1 aromatic rings. The Morgan fingerprint density at radius 1 is 1.27 bits per heavy atom. The molecule has 0 aliphatic carbocycles. The minimum absolute atomic E-state index is 0.688. The van der Waals surface area contributed by atoms with Crippen LogP contribution in [0.2, 0.25) is 0 Å². The minimum Gasteiger partial charge on any atom is -0.486 e. The second-order valence-corrected chi connectivity index (χ2v) is 2.42. The third-order valence-corrected chi connectivity index (χ3v) is 1.63. The van der Waals surface area contributed by atoms with E-state index in [4.69, 9.17) is 4.74 Å². The van der Waals surface area contributed by atoms with Crippen LogP contribution in [0.25, 0.3) is 0 Å². The number of ether oxygens (including phenoxy) is 1. The molecule has 2 rings (SSSR count). The topological polar surface area (TPSA) is 23.3 Å². The highest BCUT2D eigenvalue weighted by molar-refractivity contribution is 5.82. The Labute approximate surface area is 65.5 Å². The zero-order valence-corrected chi connectivity index (χ0v) is 6.16. The van der Waals surface area contributed by atoms with Crippen LogP contribution >= 0.6 is 0 Å². The van der Waals surface area contributed by atoms with E-state index >= 15 is 0 Å². The molecule has 0 saturated heterocycles. The van der Waals surface area contributed by atoms with E-state index in [1.165, 1.54) is 0 Å². The van der Waals surface area contributed by atoms with Crippen molar-refractivity contribution in [1.82, 2.24) is 4.99 Å². The Morgan fingerprint density at radius 2 is 2.18 bits per heavy atom. The maximum absolute atomic E-state index is 5.42. The lowest BCUT2D eigenvalue weighted by atomic mass is 10.2. The van der Waals surface area contributed by atoms with Crippen molar-refractivity contribution in [3.05, 3.63) is 29.8 Å². The van der Waals surface area contributed by atoms with Crippen molar-refractivity contribution in [3.63, 3.8) is 0 Å². The lowest BCUT2D eigenvalue weighted by Gasteiger charge is -2.00. The number of hydrogen-bond acceptors (Lipinski definition) is 2. The molecule has 0 unspecified atom stereocenters. The van der Waals surface area contributed by atoms with Gasteiger partial charge in [-0.15, -0.1) is 0 Å². The van der Waals surface area contributed by atoms with Crippen LogP contribution in [-0.4, -0.2) is 19.4 Å². The fourth-order valence-corrected chi connectivity index (χ4v) is 1.09. The van der Waals surface area contributed by atoms with Gasteiger partial charge in [0.25, 0.3) is 0 Å². The van der Waals surface area contributed by atoms with Crippen LogP contribution in [0.15, 0.2) is 24.3 Å². The maximum Gasteiger partial charge on any atom is 0.245 e. The Kier molecular flexibility index (Phi) is 1.60. The zero-order valence-electron chi connectivity index (χ0n) is 6.16. The monoisotopic (exact) mass is 147 g/mol. The Bertz CT molecular complexity index is 281. The predicted octanol–water partition coefficient (Wildman–Crippen LogP) is 0.834. The number of fused-ring (bicyclic) bond motifs is 1. The first-order valence-electron chi connectivity index (χ1n) is 3.68. The molecule has 11 heavy (non-hydrogen) atoms. The summed E-state index contributed by atoms with van der Waals surface area (Å²) in [5.74, 6) is 0.939. The van der Waals surface area contributed by atoms with E-state index in [-0.39, 0.29) is 0 Å². The molecule has 0 spiro atoms. The van der Waals surface area contributed by atoms with Gasteiger partial charge >= 0.3 is 0 Å². The summed E-state index contributed by atoms with van der Waals surface area (Å²) in [4.78, 5) is 4.16. The SMILES string of the molecule is C1=[N+]CCOc2ccccc21. The molecular formula is C9H9NO+. The highest BCUT2D eigenvalue weighted by Crippen LogP contribution is 2.15. The van der Waals surface area contributed by atoms with Gasteiger partial charge in [0.15, 0.2) is 6.61 Å². The van der Waals surface area contributed by atoms with Crippen molar-refractivity contribution in [2.75, 3.05) is 13.2 Å². The van der Waals surface area contributed by atoms with Crippen LogP contribution in [0.1, 0.15) is 5.56 Å². The van der Waals surface area contributed by atoms with Gasteiger partial charge < -0.3 is 4.74 Å². The standard InChI is InChI=1S/C9H9NO/c1-2-4-9-8(3-1)7-10-5-6-11-9/h1-4,7H,5-6H2/q+1. The minimum atomic E-state index is 0.688. The lowest BCUT2D eigenvalue weighted by molar-refractivity contribution is 0.327. The summed E-state index contributed by atoms with van der Waals surface area (Å²) in [6, 6.07) is 7.92. The van der Waals surface area contributed by atoms with Crippen LogP contribution in [0, 0.1) is 0 Å². The van der Waals surface area contributed by atoms with Crippen LogP contribution in [0.5, 0.6) is 5.75 Å². The second kappa shape index (κ2) is 2.74. The van der Waals surface area contributed by atoms with Gasteiger partial charge in [-0.25, -0.2) is 0 Å². The summed E-state index contributed by atoms with van der Waals surface area (Å²) in [7, 11) is 0. The third-order valence-electron chi connectivity index (χ3n) is 1.63. The van der Waals surface area contributed by atoms with Crippen LogP contribution in [0.3, 0.4) is 0 Å². The van der Waals surface area contributed by atoms with E-state index in [1.54, 1.807) is 0 Å². The highest BCUT2D eigenvalue weighted by atomic mass is 16.5.